The van der Waals surface area contributed by atoms with Gasteiger partial charge >= 0.3 is 5.97 Å². The molecule has 0 spiro atoms. The summed E-state index contributed by atoms with van der Waals surface area (Å²) in [5, 5.41) is 0. The topological polar surface area (TPSA) is 52.6 Å². The summed E-state index contributed by atoms with van der Waals surface area (Å²) in [5.74, 6) is -0.407. The zero-order chi connectivity index (χ0) is 12.9. The van der Waals surface area contributed by atoms with Crippen molar-refractivity contribution in [2.24, 2.45) is 0 Å². The van der Waals surface area contributed by atoms with Crippen LogP contribution >= 0.6 is 8.03 Å². The molecule has 0 fully saturated rings. The normalized spacial score (nSPS) is 12.4. The Hall–Kier alpha value is -0.340. The third-order valence-corrected chi connectivity index (χ3v) is 3.41. The average Bonchev–Trinajstić information content (AvgIpc) is 2.29. The molecular weight excluding hydrogens is 239 g/mol. The predicted molar refractivity (Wildman–Crippen MR) is 69.8 cm³/mol. The summed E-state index contributed by atoms with van der Waals surface area (Å²) in [6.45, 7) is 5.06. The van der Waals surface area contributed by atoms with Gasteiger partial charge in [-0.15, -0.1) is 0 Å². The average molecular weight is 264 g/mol. The molecule has 0 aliphatic rings. The van der Waals surface area contributed by atoms with Gasteiger partial charge in [0.2, 0.25) is 8.03 Å². The standard InChI is InChI=1S/C12H25O4P/c1-3-5-7-8-10-16-17(14)11-12(13)15-9-6-4-2/h17H,3-11H2,1-2H3. The first-order valence-corrected chi connectivity index (χ1v) is 8.04. The van der Waals surface area contributed by atoms with Crippen LogP contribution in [0.2, 0.25) is 0 Å². The molecule has 102 valence electrons. The van der Waals surface area contributed by atoms with Crippen molar-refractivity contribution < 1.29 is 18.6 Å². The monoisotopic (exact) mass is 264 g/mol. The lowest BCUT2D eigenvalue weighted by atomic mass is 10.2. The van der Waals surface area contributed by atoms with Crippen LogP contribution in [0.25, 0.3) is 0 Å². The van der Waals surface area contributed by atoms with E-state index in [9.17, 15) is 9.36 Å². The number of esters is 1. The van der Waals surface area contributed by atoms with Gasteiger partial charge in [-0.2, -0.15) is 0 Å². The fourth-order valence-electron chi connectivity index (χ4n) is 1.27. The summed E-state index contributed by atoms with van der Waals surface area (Å²) in [6, 6.07) is 0. The Kier molecular flexibility index (Phi) is 11.9. The van der Waals surface area contributed by atoms with Gasteiger partial charge < -0.3 is 9.26 Å². The van der Waals surface area contributed by atoms with Crippen molar-refractivity contribution in [2.45, 2.75) is 52.4 Å². The number of unbranched alkanes of at least 4 members (excludes halogenated alkanes) is 4. The molecule has 0 amide bonds. The van der Waals surface area contributed by atoms with E-state index in [1.807, 2.05) is 6.92 Å². The Morgan fingerprint density at radius 3 is 2.35 bits per heavy atom. The van der Waals surface area contributed by atoms with Crippen LogP contribution in [0.3, 0.4) is 0 Å². The smallest absolute Gasteiger partial charge is 0.315 e. The quantitative estimate of drug-likeness (QED) is 0.326. The summed E-state index contributed by atoms with van der Waals surface area (Å²) in [5.41, 5.74) is 0. The first kappa shape index (κ1) is 16.7. The summed E-state index contributed by atoms with van der Waals surface area (Å²) in [6.07, 6.45) is 6.09. The Labute approximate surface area is 105 Å². The van der Waals surface area contributed by atoms with Gasteiger partial charge in [0.15, 0.2) is 0 Å². The van der Waals surface area contributed by atoms with Crippen molar-refractivity contribution >= 4 is 14.0 Å². The van der Waals surface area contributed by atoms with Crippen LogP contribution in [0.4, 0.5) is 0 Å². The Balaban J connectivity index is 3.41. The largest absolute Gasteiger partial charge is 0.465 e. The molecule has 0 aliphatic carbocycles. The number of carbonyl (C=O) groups excluding carboxylic acids is 1. The zero-order valence-corrected chi connectivity index (χ0v) is 12.0. The maximum atomic E-state index is 11.4. The number of rotatable bonds is 11. The van der Waals surface area contributed by atoms with E-state index in [2.05, 4.69) is 6.92 Å². The first-order chi connectivity index (χ1) is 8.20. The van der Waals surface area contributed by atoms with Gasteiger partial charge in [0.25, 0.3) is 0 Å². The van der Waals surface area contributed by atoms with Crippen LogP contribution in [-0.4, -0.2) is 25.3 Å². The van der Waals surface area contributed by atoms with E-state index in [1.54, 1.807) is 0 Å². The second kappa shape index (κ2) is 12.1. The molecule has 0 aromatic rings. The summed E-state index contributed by atoms with van der Waals surface area (Å²) in [7, 11) is -2.24. The Bertz CT molecular complexity index is 219. The molecule has 0 aliphatic heterocycles. The molecule has 0 radical (unpaired) electrons. The van der Waals surface area contributed by atoms with Crippen molar-refractivity contribution in [3.8, 4) is 0 Å². The predicted octanol–water partition coefficient (Wildman–Crippen LogP) is 3.40. The zero-order valence-electron chi connectivity index (χ0n) is 11.0. The molecule has 0 aromatic heterocycles. The molecule has 1 atom stereocenters. The highest BCUT2D eigenvalue weighted by Crippen LogP contribution is 2.22. The van der Waals surface area contributed by atoms with E-state index in [4.69, 9.17) is 9.26 Å². The number of carbonyl (C=O) groups is 1. The molecule has 4 nitrogen and oxygen atoms in total. The minimum atomic E-state index is -2.24. The van der Waals surface area contributed by atoms with Crippen molar-refractivity contribution in [1.29, 1.82) is 0 Å². The highest BCUT2D eigenvalue weighted by atomic mass is 31.1. The molecular formula is C12H25O4P. The molecule has 5 heteroatoms. The third kappa shape index (κ3) is 11.9. The molecule has 0 N–H and O–H groups in total. The van der Waals surface area contributed by atoms with Crippen molar-refractivity contribution in [3.63, 3.8) is 0 Å². The van der Waals surface area contributed by atoms with Gasteiger partial charge in [-0.05, 0) is 12.8 Å². The lowest BCUT2D eigenvalue weighted by molar-refractivity contribution is -0.140. The highest BCUT2D eigenvalue weighted by molar-refractivity contribution is 7.40. The number of hydrogen-bond donors (Lipinski definition) is 0. The molecule has 0 saturated heterocycles. The molecule has 0 saturated carbocycles. The van der Waals surface area contributed by atoms with Crippen molar-refractivity contribution in [3.05, 3.63) is 0 Å². The fourth-order valence-corrected chi connectivity index (χ4v) is 2.08. The van der Waals surface area contributed by atoms with E-state index in [1.165, 1.54) is 12.8 Å². The van der Waals surface area contributed by atoms with Crippen LogP contribution in [-0.2, 0) is 18.6 Å². The van der Waals surface area contributed by atoms with Crippen LogP contribution < -0.4 is 0 Å². The van der Waals surface area contributed by atoms with Crippen LogP contribution in [0.5, 0.6) is 0 Å². The van der Waals surface area contributed by atoms with E-state index >= 15 is 0 Å². The Morgan fingerprint density at radius 2 is 1.71 bits per heavy atom. The minimum Gasteiger partial charge on any atom is -0.465 e. The SMILES string of the molecule is CCCCCCO[PH](=O)CC(=O)OCCCC. The summed E-state index contributed by atoms with van der Waals surface area (Å²) >= 11 is 0. The van der Waals surface area contributed by atoms with Gasteiger partial charge in [0.05, 0.1) is 13.2 Å². The molecule has 0 bridgehead atoms. The van der Waals surface area contributed by atoms with Gasteiger partial charge in [-0.25, -0.2) is 0 Å². The third-order valence-electron chi connectivity index (χ3n) is 2.31. The second-order valence-corrected chi connectivity index (χ2v) is 5.42. The highest BCUT2D eigenvalue weighted by Gasteiger charge is 2.09. The molecule has 0 heterocycles. The fraction of sp³-hybridized carbons (Fsp3) is 0.917. The summed E-state index contributed by atoms with van der Waals surface area (Å²) < 4.78 is 21.4. The van der Waals surface area contributed by atoms with Crippen LogP contribution in [0.15, 0.2) is 0 Å². The second-order valence-electron chi connectivity index (χ2n) is 4.03. The van der Waals surface area contributed by atoms with Gasteiger partial charge in [-0.1, -0.05) is 39.5 Å². The van der Waals surface area contributed by atoms with E-state index in [0.29, 0.717) is 13.2 Å². The van der Waals surface area contributed by atoms with Crippen molar-refractivity contribution in [1.82, 2.24) is 0 Å². The van der Waals surface area contributed by atoms with E-state index < -0.39 is 14.0 Å². The van der Waals surface area contributed by atoms with Gasteiger partial charge in [0, 0.05) is 0 Å². The first-order valence-electron chi connectivity index (χ1n) is 6.52. The van der Waals surface area contributed by atoms with Crippen LogP contribution in [0, 0.1) is 0 Å². The maximum Gasteiger partial charge on any atom is 0.315 e. The van der Waals surface area contributed by atoms with Crippen LogP contribution in [0.1, 0.15) is 52.4 Å². The molecule has 0 aromatic carbocycles. The molecule has 1 unspecified atom stereocenters. The van der Waals surface area contributed by atoms with E-state index in [0.717, 1.165) is 25.7 Å². The molecule has 0 rings (SSSR count). The number of hydrogen-bond acceptors (Lipinski definition) is 4. The lowest BCUT2D eigenvalue weighted by Gasteiger charge is -2.05. The number of ether oxygens (including phenoxy) is 1. The van der Waals surface area contributed by atoms with Gasteiger partial charge in [0.1, 0.15) is 6.16 Å². The summed E-state index contributed by atoms with van der Waals surface area (Å²) in [4.78, 5) is 11.2. The Morgan fingerprint density at radius 1 is 1.00 bits per heavy atom. The lowest BCUT2D eigenvalue weighted by Crippen LogP contribution is -2.08. The molecule has 17 heavy (non-hydrogen) atoms. The minimum absolute atomic E-state index is 0.0812. The maximum absolute atomic E-state index is 11.4. The van der Waals surface area contributed by atoms with Crippen molar-refractivity contribution in [2.75, 3.05) is 19.4 Å². The van der Waals surface area contributed by atoms with Gasteiger partial charge in [-0.3, -0.25) is 9.36 Å². The van der Waals surface area contributed by atoms with E-state index in [-0.39, 0.29) is 6.16 Å².